The van der Waals surface area contributed by atoms with Gasteiger partial charge in [-0.15, -0.1) is 0 Å². The Morgan fingerprint density at radius 2 is 1.69 bits per heavy atom. The fourth-order valence-corrected chi connectivity index (χ4v) is 3.37. The highest BCUT2D eigenvalue weighted by Gasteiger charge is 2.23. The minimum Gasteiger partial charge on any atom is -0.497 e. The maximum atomic E-state index is 13.4. The summed E-state index contributed by atoms with van der Waals surface area (Å²) in [7, 11) is 1.61. The molecule has 5 nitrogen and oxygen atoms in total. The number of carbonyl (C=O) groups is 1. The first-order valence-electron chi connectivity index (χ1n) is 10.3. The minimum absolute atomic E-state index is 0.254. The summed E-state index contributed by atoms with van der Waals surface area (Å²) >= 11 is 0. The number of anilines is 1. The van der Waals surface area contributed by atoms with Gasteiger partial charge in [-0.2, -0.15) is 0 Å². The zero-order chi connectivity index (χ0) is 22.7. The number of furan rings is 1. The van der Waals surface area contributed by atoms with Crippen LogP contribution >= 0.6 is 0 Å². The van der Waals surface area contributed by atoms with Crippen LogP contribution in [0.5, 0.6) is 11.5 Å². The van der Waals surface area contributed by atoms with Crippen molar-refractivity contribution in [2.75, 3.05) is 19.0 Å². The van der Waals surface area contributed by atoms with E-state index in [0.29, 0.717) is 40.3 Å². The lowest BCUT2D eigenvalue weighted by atomic mass is 10.0. The van der Waals surface area contributed by atoms with Crippen molar-refractivity contribution in [1.29, 1.82) is 0 Å². The molecule has 0 fully saturated rings. The van der Waals surface area contributed by atoms with Crippen molar-refractivity contribution in [3.8, 4) is 22.8 Å². The molecule has 3 aromatic carbocycles. The number of aryl methyl sites for hydroxylation is 1. The molecule has 162 valence electrons. The van der Waals surface area contributed by atoms with Gasteiger partial charge in [0.25, 0.3) is 5.91 Å². The lowest BCUT2D eigenvalue weighted by Crippen LogP contribution is -2.12. The van der Waals surface area contributed by atoms with E-state index in [1.165, 1.54) is 0 Å². The molecule has 4 rings (SSSR count). The second-order valence-corrected chi connectivity index (χ2v) is 7.76. The van der Waals surface area contributed by atoms with Gasteiger partial charge < -0.3 is 19.2 Å². The molecule has 0 bridgehead atoms. The fourth-order valence-electron chi connectivity index (χ4n) is 3.37. The van der Waals surface area contributed by atoms with Crippen LogP contribution < -0.4 is 14.8 Å². The molecule has 32 heavy (non-hydrogen) atoms. The fraction of sp³-hybridized carbons (Fsp3) is 0.148. The minimum atomic E-state index is -0.254. The Morgan fingerprint density at radius 1 is 1.00 bits per heavy atom. The van der Waals surface area contributed by atoms with E-state index in [1.807, 2.05) is 80.6 Å². The van der Waals surface area contributed by atoms with Crippen LogP contribution in [-0.4, -0.2) is 19.6 Å². The maximum Gasteiger partial charge on any atom is 0.260 e. The Hall–Kier alpha value is -3.99. The van der Waals surface area contributed by atoms with Gasteiger partial charge in [-0.1, -0.05) is 24.3 Å². The zero-order valence-electron chi connectivity index (χ0n) is 18.4. The number of methoxy groups -OCH3 is 1. The molecule has 1 amide bonds. The average Bonchev–Trinajstić information content (AvgIpc) is 3.18. The van der Waals surface area contributed by atoms with Crippen molar-refractivity contribution in [3.05, 3.63) is 90.0 Å². The van der Waals surface area contributed by atoms with Gasteiger partial charge in [-0.25, -0.2) is 0 Å². The van der Waals surface area contributed by atoms with Crippen molar-refractivity contribution >= 4 is 22.6 Å². The van der Waals surface area contributed by atoms with Crippen LogP contribution in [0, 0.1) is 6.92 Å². The van der Waals surface area contributed by atoms with E-state index >= 15 is 0 Å². The van der Waals surface area contributed by atoms with Crippen molar-refractivity contribution in [3.63, 3.8) is 0 Å². The zero-order valence-corrected chi connectivity index (χ0v) is 18.4. The topological polar surface area (TPSA) is 60.7 Å². The van der Waals surface area contributed by atoms with Crippen LogP contribution in [0.25, 0.3) is 22.3 Å². The summed E-state index contributed by atoms with van der Waals surface area (Å²) in [4.78, 5) is 13.4. The summed E-state index contributed by atoms with van der Waals surface area (Å²) in [6.45, 7) is 8.18. The predicted molar refractivity (Wildman–Crippen MR) is 128 cm³/mol. The molecule has 0 aliphatic carbocycles. The number of hydrogen-bond donors (Lipinski definition) is 1. The van der Waals surface area contributed by atoms with E-state index in [4.69, 9.17) is 13.9 Å². The van der Waals surface area contributed by atoms with Crippen LogP contribution in [-0.2, 0) is 0 Å². The SMILES string of the molecule is C=C(C)COc1ccc2oc(-c3ccc(OC)cc3)c(C(=O)Nc3ccc(C)cc3)c2c1. The summed E-state index contributed by atoms with van der Waals surface area (Å²) < 4.78 is 17.2. The molecule has 0 unspecified atom stereocenters. The van der Waals surface area contributed by atoms with Gasteiger partial charge in [0.15, 0.2) is 0 Å². The van der Waals surface area contributed by atoms with E-state index in [-0.39, 0.29) is 5.91 Å². The number of ether oxygens (including phenoxy) is 2. The molecule has 5 heteroatoms. The van der Waals surface area contributed by atoms with Gasteiger partial charge >= 0.3 is 0 Å². The van der Waals surface area contributed by atoms with Gasteiger partial charge in [0.05, 0.1) is 12.7 Å². The number of benzene rings is 3. The first-order chi connectivity index (χ1) is 15.4. The van der Waals surface area contributed by atoms with Gasteiger partial charge in [0, 0.05) is 16.6 Å². The summed E-state index contributed by atoms with van der Waals surface area (Å²) in [6, 6.07) is 20.6. The summed E-state index contributed by atoms with van der Waals surface area (Å²) in [5.74, 6) is 1.61. The third kappa shape index (κ3) is 4.52. The molecule has 0 aliphatic rings. The third-order valence-electron chi connectivity index (χ3n) is 5.03. The van der Waals surface area contributed by atoms with E-state index in [2.05, 4.69) is 11.9 Å². The Labute approximate surface area is 187 Å². The molecule has 1 N–H and O–H groups in total. The molecule has 4 aromatic rings. The first kappa shape index (κ1) is 21.2. The Bertz CT molecular complexity index is 1270. The van der Waals surface area contributed by atoms with E-state index in [1.54, 1.807) is 7.11 Å². The Balaban J connectivity index is 1.80. The molecule has 0 saturated carbocycles. The van der Waals surface area contributed by atoms with Crippen molar-refractivity contribution in [2.24, 2.45) is 0 Å². The summed E-state index contributed by atoms with van der Waals surface area (Å²) in [6.07, 6.45) is 0. The number of fused-ring (bicyclic) bond motifs is 1. The highest BCUT2D eigenvalue weighted by Crippen LogP contribution is 2.36. The smallest absolute Gasteiger partial charge is 0.260 e. The molecule has 1 aromatic heterocycles. The third-order valence-corrected chi connectivity index (χ3v) is 5.03. The second-order valence-electron chi connectivity index (χ2n) is 7.76. The second kappa shape index (κ2) is 9.02. The highest BCUT2D eigenvalue weighted by molar-refractivity contribution is 6.16. The number of carbonyl (C=O) groups excluding carboxylic acids is 1. The summed E-state index contributed by atoms with van der Waals surface area (Å²) in [5.41, 5.74) is 4.58. The molecular formula is C27H25NO4. The molecule has 0 radical (unpaired) electrons. The van der Waals surface area contributed by atoms with Crippen molar-refractivity contribution in [1.82, 2.24) is 0 Å². The monoisotopic (exact) mass is 427 g/mol. The van der Waals surface area contributed by atoms with E-state index in [0.717, 1.165) is 22.4 Å². The number of nitrogens with one attached hydrogen (secondary N) is 1. The van der Waals surface area contributed by atoms with Crippen LogP contribution in [0.2, 0.25) is 0 Å². The van der Waals surface area contributed by atoms with Gasteiger partial charge in [0.2, 0.25) is 0 Å². The van der Waals surface area contributed by atoms with E-state index in [9.17, 15) is 4.79 Å². The number of amides is 1. The molecule has 0 spiro atoms. The maximum absolute atomic E-state index is 13.4. The van der Waals surface area contributed by atoms with Crippen molar-refractivity contribution in [2.45, 2.75) is 13.8 Å². The Kier molecular flexibility index (Phi) is 5.99. The quantitative estimate of drug-likeness (QED) is 0.337. The summed E-state index contributed by atoms with van der Waals surface area (Å²) in [5, 5.41) is 3.67. The lowest BCUT2D eigenvalue weighted by Gasteiger charge is -2.08. The van der Waals surface area contributed by atoms with Crippen LogP contribution in [0.4, 0.5) is 5.69 Å². The average molecular weight is 428 g/mol. The Morgan fingerprint density at radius 3 is 2.34 bits per heavy atom. The van der Waals surface area contributed by atoms with E-state index < -0.39 is 0 Å². The number of rotatable bonds is 7. The lowest BCUT2D eigenvalue weighted by molar-refractivity contribution is 0.102. The molecule has 1 heterocycles. The van der Waals surface area contributed by atoms with Crippen LogP contribution in [0.1, 0.15) is 22.8 Å². The molecule has 0 saturated heterocycles. The predicted octanol–water partition coefficient (Wildman–Crippen LogP) is 6.62. The normalized spacial score (nSPS) is 10.7. The van der Waals surface area contributed by atoms with Crippen LogP contribution in [0.3, 0.4) is 0 Å². The standard InChI is InChI=1S/C27H25NO4/c1-17(2)16-31-22-13-14-24-23(15-22)25(27(29)28-20-9-5-18(3)6-10-20)26(32-24)19-7-11-21(30-4)12-8-19/h5-15H,1,16H2,2-4H3,(H,28,29). The first-order valence-corrected chi connectivity index (χ1v) is 10.3. The largest absolute Gasteiger partial charge is 0.497 e. The van der Waals surface area contributed by atoms with Crippen molar-refractivity contribution < 1.29 is 18.7 Å². The number of hydrogen-bond acceptors (Lipinski definition) is 4. The highest BCUT2D eigenvalue weighted by atomic mass is 16.5. The van der Waals surface area contributed by atoms with Gasteiger partial charge in [0.1, 0.15) is 29.4 Å². The van der Waals surface area contributed by atoms with Crippen LogP contribution in [0.15, 0.2) is 83.3 Å². The van der Waals surface area contributed by atoms with Gasteiger partial charge in [-0.05, 0) is 74.0 Å². The molecule has 0 atom stereocenters. The molecule has 0 aliphatic heterocycles. The van der Waals surface area contributed by atoms with Gasteiger partial charge in [-0.3, -0.25) is 4.79 Å². The molecular weight excluding hydrogens is 402 g/mol.